The van der Waals surface area contributed by atoms with Gasteiger partial charge in [-0.1, -0.05) is 24.3 Å². The first-order valence-corrected chi connectivity index (χ1v) is 11.9. The van der Waals surface area contributed by atoms with Gasteiger partial charge in [-0.2, -0.15) is 13.2 Å². The summed E-state index contributed by atoms with van der Waals surface area (Å²) in [5, 5.41) is 2.82. The van der Waals surface area contributed by atoms with Crippen LogP contribution in [0.2, 0.25) is 0 Å². The molecule has 1 amide bonds. The Morgan fingerprint density at radius 3 is 2.16 bits per heavy atom. The summed E-state index contributed by atoms with van der Waals surface area (Å²) in [6.45, 7) is 4.52. The van der Waals surface area contributed by atoms with Gasteiger partial charge in [-0.15, -0.1) is 0 Å². The van der Waals surface area contributed by atoms with Gasteiger partial charge in [0.15, 0.2) is 5.69 Å². The second-order valence-electron chi connectivity index (χ2n) is 9.27. The summed E-state index contributed by atoms with van der Waals surface area (Å²) in [6.07, 6.45) is -4.61. The van der Waals surface area contributed by atoms with E-state index in [2.05, 4.69) is 5.32 Å². The maximum atomic E-state index is 13.7. The molecule has 0 aliphatic carbocycles. The minimum atomic E-state index is -4.87. The largest absolute Gasteiger partial charge is 0.488 e. The highest BCUT2D eigenvalue weighted by Crippen LogP contribution is 2.44. The van der Waals surface area contributed by atoms with Crippen molar-refractivity contribution in [1.29, 1.82) is 0 Å². The molecule has 1 aromatic heterocycles. The van der Waals surface area contributed by atoms with E-state index in [0.29, 0.717) is 48.7 Å². The lowest BCUT2D eigenvalue weighted by molar-refractivity contribution is -0.143. The van der Waals surface area contributed by atoms with E-state index in [4.69, 9.17) is 14.2 Å². The molecule has 37 heavy (non-hydrogen) atoms. The van der Waals surface area contributed by atoms with Crippen molar-refractivity contribution in [2.24, 2.45) is 0 Å². The number of benzene rings is 2. The fourth-order valence-corrected chi connectivity index (χ4v) is 4.54. The third kappa shape index (κ3) is 5.06. The third-order valence-electron chi connectivity index (χ3n) is 6.45. The van der Waals surface area contributed by atoms with Crippen molar-refractivity contribution < 1.29 is 32.2 Å². The SMILES string of the molecule is Cc1ccc2c(c1)Oc1cc(C)ccc1C2NC(=O)c1cc(OC2CCOCC2)c(C(F)(F)F)[nH]c1=O. The third-order valence-corrected chi connectivity index (χ3v) is 6.45. The zero-order chi connectivity index (χ0) is 26.3. The number of halogens is 3. The first-order valence-electron chi connectivity index (χ1n) is 11.9. The summed E-state index contributed by atoms with van der Waals surface area (Å²) in [6, 6.07) is 11.2. The number of pyridine rings is 1. The van der Waals surface area contributed by atoms with Crippen molar-refractivity contribution in [1.82, 2.24) is 10.3 Å². The maximum absolute atomic E-state index is 13.7. The number of aromatic amines is 1. The number of aryl methyl sites for hydroxylation is 2. The molecule has 194 valence electrons. The number of aromatic nitrogens is 1. The van der Waals surface area contributed by atoms with Crippen molar-refractivity contribution in [3.63, 3.8) is 0 Å². The van der Waals surface area contributed by atoms with E-state index in [1.807, 2.05) is 55.2 Å². The van der Waals surface area contributed by atoms with Gasteiger partial charge in [0.1, 0.15) is 28.9 Å². The molecular formula is C27H25F3N2O5. The summed E-state index contributed by atoms with van der Waals surface area (Å²) in [4.78, 5) is 27.9. The molecule has 3 heterocycles. The highest BCUT2D eigenvalue weighted by molar-refractivity contribution is 5.95. The van der Waals surface area contributed by atoms with Gasteiger partial charge < -0.3 is 24.5 Å². The minimum Gasteiger partial charge on any atom is -0.488 e. The summed E-state index contributed by atoms with van der Waals surface area (Å²) in [5.41, 5.74) is 0.263. The van der Waals surface area contributed by atoms with E-state index in [-0.39, 0.29) is 0 Å². The lowest BCUT2D eigenvalue weighted by Gasteiger charge is -2.29. The van der Waals surface area contributed by atoms with Gasteiger partial charge in [0.05, 0.1) is 19.3 Å². The van der Waals surface area contributed by atoms with Crippen LogP contribution in [0, 0.1) is 13.8 Å². The van der Waals surface area contributed by atoms with Gasteiger partial charge in [0.25, 0.3) is 11.5 Å². The Bertz CT molecular complexity index is 1360. The molecule has 10 heteroatoms. The number of amides is 1. The second-order valence-corrected chi connectivity index (χ2v) is 9.27. The van der Waals surface area contributed by atoms with Gasteiger partial charge in [0.2, 0.25) is 0 Å². The molecular weight excluding hydrogens is 489 g/mol. The Morgan fingerprint density at radius 2 is 1.59 bits per heavy atom. The number of carbonyl (C=O) groups excluding carboxylic acids is 1. The predicted molar refractivity (Wildman–Crippen MR) is 128 cm³/mol. The van der Waals surface area contributed by atoms with Crippen LogP contribution in [0.4, 0.5) is 13.2 Å². The normalized spacial score (nSPS) is 15.9. The highest BCUT2D eigenvalue weighted by atomic mass is 19.4. The number of fused-ring (bicyclic) bond motifs is 2. The Hall–Kier alpha value is -3.79. The maximum Gasteiger partial charge on any atom is 0.435 e. The van der Waals surface area contributed by atoms with Crippen molar-refractivity contribution in [3.05, 3.63) is 86.3 Å². The number of hydrogen-bond acceptors (Lipinski definition) is 5. The summed E-state index contributed by atoms with van der Waals surface area (Å²) >= 11 is 0. The molecule has 0 saturated carbocycles. The van der Waals surface area contributed by atoms with E-state index >= 15 is 0 Å². The van der Waals surface area contributed by atoms with Crippen molar-refractivity contribution in [2.45, 2.75) is 45.0 Å². The zero-order valence-electron chi connectivity index (χ0n) is 20.2. The number of nitrogens with one attached hydrogen (secondary N) is 2. The number of carbonyl (C=O) groups is 1. The van der Waals surface area contributed by atoms with Crippen LogP contribution < -0.4 is 20.3 Å². The number of ether oxygens (including phenoxy) is 3. The van der Waals surface area contributed by atoms with Gasteiger partial charge >= 0.3 is 6.18 Å². The molecule has 5 rings (SSSR count). The first-order chi connectivity index (χ1) is 17.6. The first kappa shape index (κ1) is 24.9. The van der Waals surface area contributed by atoms with Gasteiger partial charge in [-0.3, -0.25) is 9.59 Å². The van der Waals surface area contributed by atoms with E-state index in [9.17, 15) is 22.8 Å². The molecule has 0 radical (unpaired) electrons. The quantitative estimate of drug-likeness (QED) is 0.500. The second kappa shape index (κ2) is 9.59. The van der Waals surface area contributed by atoms with Crippen LogP contribution in [0.15, 0.2) is 47.3 Å². The smallest absolute Gasteiger partial charge is 0.435 e. The molecule has 0 atom stereocenters. The van der Waals surface area contributed by atoms with Crippen LogP contribution in [0.25, 0.3) is 0 Å². The molecule has 2 aromatic carbocycles. The molecule has 2 aliphatic heterocycles. The van der Waals surface area contributed by atoms with Gasteiger partial charge in [0, 0.05) is 30.0 Å². The van der Waals surface area contributed by atoms with Crippen LogP contribution in [-0.4, -0.2) is 30.2 Å². The van der Waals surface area contributed by atoms with E-state index in [1.165, 1.54) is 0 Å². The molecule has 2 aliphatic rings. The summed E-state index contributed by atoms with van der Waals surface area (Å²) < 4.78 is 58.0. The van der Waals surface area contributed by atoms with Crippen molar-refractivity contribution >= 4 is 5.91 Å². The van der Waals surface area contributed by atoms with Crippen LogP contribution in [0.5, 0.6) is 17.2 Å². The average Bonchev–Trinajstić information content (AvgIpc) is 2.84. The molecule has 1 saturated heterocycles. The van der Waals surface area contributed by atoms with E-state index < -0.39 is 46.8 Å². The standard InChI is InChI=1S/C27H25F3N2O5/c1-14-3-5-17-20(11-14)37-21-12-15(2)4-6-18(21)23(17)31-25(33)19-13-22(36-16-7-9-35-10-8-16)24(27(28,29)30)32-26(19)34/h3-6,11-13,16,23H,7-10H2,1-2H3,(H,31,33)(H,32,34). The molecule has 0 bridgehead atoms. The van der Waals surface area contributed by atoms with E-state index in [0.717, 1.165) is 17.2 Å². The summed E-state index contributed by atoms with van der Waals surface area (Å²) in [5.74, 6) is -0.332. The fourth-order valence-electron chi connectivity index (χ4n) is 4.54. The molecule has 2 N–H and O–H groups in total. The summed E-state index contributed by atoms with van der Waals surface area (Å²) in [7, 11) is 0. The van der Waals surface area contributed by atoms with E-state index in [1.54, 1.807) is 0 Å². The number of alkyl halides is 3. The van der Waals surface area contributed by atoms with Crippen LogP contribution in [0.1, 0.15) is 57.2 Å². The Morgan fingerprint density at radius 1 is 1.00 bits per heavy atom. The molecule has 1 fully saturated rings. The van der Waals surface area contributed by atoms with Gasteiger partial charge in [-0.05, 0) is 37.1 Å². The highest BCUT2D eigenvalue weighted by Gasteiger charge is 2.38. The van der Waals surface area contributed by atoms with Crippen molar-refractivity contribution in [2.75, 3.05) is 13.2 Å². The van der Waals surface area contributed by atoms with Gasteiger partial charge in [-0.25, -0.2) is 0 Å². The number of H-pyrrole nitrogens is 1. The van der Waals surface area contributed by atoms with Crippen molar-refractivity contribution in [3.8, 4) is 17.2 Å². The molecule has 0 spiro atoms. The average molecular weight is 515 g/mol. The lowest BCUT2D eigenvalue weighted by Crippen LogP contribution is -2.36. The predicted octanol–water partition coefficient (Wildman–Crippen LogP) is 5.19. The molecule has 0 unspecified atom stereocenters. The van der Waals surface area contributed by atoms with Crippen LogP contribution >= 0.6 is 0 Å². The Balaban J connectivity index is 1.52. The molecule has 3 aromatic rings. The van der Waals surface area contributed by atoms with Crippen LogP contribution in [-0.2, 0) is 10.9 Å². The number of hydrogen-bond donors (Lipinski definition) is 2. The Kier molecular flexibility index (Phi) is 6.45. The zero-order valence-corrected chi connectivity index (χ0v) is 20.2. The Labute approximate surface area is 210 Å². The minimum absolute atomic E-state index is 0.351. The topological polar surface area (TPSA) is 89.7 Å². The number of rotatable bonds is 4. The monoisotopic (exact) mass is 514 g/mol. The lowest BCUT2D eigenvalue weighted by atomic mass is 9.92. The molecule has 7 nitrogen and oxygen atoms in total. The van der Waals surface area contributed by atoms with Crippen LogP contribution in [0.3, 0.4) is 0 Å². The fraction of sp³-hybridized carbons (Fsp3) is 0.333.